The first kappa shape index (κ1) is 31.3. The van der Waals surface area contributed by atoms with Crippen molar-refractivity contribution in [3.05, 3.63) is 35.9 Å². The summed E-state index contributed by atoms with van der Waals surface area (Å²) >= 11 is 0. The number of benzene rings is 1. The molecule has 222 valence electrons. The molecule has 0 aliphatic carbocycles. The number of hydrogen-bond donors (Lipinski definition) is 3. The first-order valence-electron chi connectivity index (χ1n) is 13.6. The molecule has 2 aliphatic heterocycles. The second kappa shape index (κ2) is 13.4. The Balaban J connectivity index is 1.61. The highest BCUT2D eigenvalue weighted by molar-refractivity contribution is 7.88. The Labute approximate surface area is 235 Å². The van der Waals surface area contributed by atoms with E-state index < -0.39 is 45.7 Å². The Kier molecular flexibility index (Phi) is 10.5. The lowest BCUT2D eigenvalue weighted by Crippen LogP contribution is -2.52. The van der Waals surface area contributed by atoms with Crippen LogP contribution in [0.15, 0.2) is 30.3 Å². The van der Waals surface area contributed by atoms with Gasteiger partial charge in [-0.05, 0) is 58.4 Å². The molecule has 0 saturated carbocycles. The summed E-state index contributed by atoms with van der Waals surface area (Å²) < 4.78 is 33.7. The Morgan fingerprint density at radius 2 is 1.70 bits per heavy atom. The molecule has 3 rings (SSSR count). The van der Waals surface area contributed by atoms with Gasteiger partial charge in [0.1, 0.15) is 17.7 Å². The maximum Gasteiger partial charge on any atom is 0.407 e. The molecule has 1 aromatic rings. The molecule has 2 aliphatic rings. The van der Waals surface area contributed by atoms with Gasteiger partial charge in [0.2, 0.25) is 21.8 Å². The van der Waals surface area contributed by atoms with E-state index in [1.807, 2.05) is 0 Å². The SMILES string of the molecule is CC(C)(C)OC(=O)NC1CCN(C(=O)CC[C@@H](NS(=O)(=O)Cc2ccccc2)C(=O)N2CCC[C@H]2C(=O)O)CC1. The molecule has 2 saturated heterocycles. The summed E-state index contributed by atoms with van der Waals surface area (Å²) in [6, 6.07) is 6.05. The fraction of sp³-hybridized carbons (Fsp3) is 0.630. The number of carbonyl (C=O) groups excluding carboxylic acids is 3. The van der Waals surface area contributed by atoms with Gasteiger partial charge in [-0.2, -0.15) is 0 Å². The van der Waals surface area contributed by atoms with Crippen molar-refractivity contribution in [2.45, 2.75) is 88.8 Å². The largest absolute Gasteiger partial charge is 0.480 e. The number of carboxylic acids is 1. The molecule has 40 heavy (non-hydrogen) atoms. The molecule has 3 amide bonds. The summed E-state index contributed by atoms with van der Waals surface area (Å²) in [4.78, 5) is 52.9. The number of alkyl carbamates (subject to hydrolysis) is 1. The van der Waals surface area contributed by atoms with Crippen LogP contribution in [0.4, 0.5) is 4.79 Å². The lowest BCUT2D eigenvalue weighted by atomic mass is 10.0. The monoisotopic (exact) mass is 580 g/mol. The van der Waals surface area contributed by atoms with Crippen LogP contribution in [0.3, 0.4) is 0 Å². The summed E-state index contributed by atoms with van der Waals surface area (Å²) in [6.45, 7) is 6.33. The van der Waals surface area contributed by atoms with Gasteiger partial charge in [0, 0.05) is 32.1 Å². The number of nitrogens with one attached hydrogen (secondary N) is 2. The van der Waals surface area contributed by atoms with Gasteiger partial charge >= 0.3 is 12.1 Å². The van der Waals surface area contributed by atoms with E-state index in [-0.39, 0.29) is 43.5 Å². The number of piperidine rings is 1. The van der Waals surface area contributed by atoms with Crippen LogP contribution in [0, 0.1) is 0 Å². The normalized spacial score (nSPS) is 19.2. The summed E-state index contributed by atoms with van der Waals surface area (Å²) in [5.41, 5.74) is -0.0820. The average molecular weight is 581 g/mol. The molecular weight excluding hydrogens is 540 g/mol. The molecule has 0 bridgehead atoms. The summed E-state index contributed by atoms with van der Waals surface area (Å²) in [6.07, 6.45) is 1.14. The zero-order valence-electron chi connectivity index (χ0n) is 23.3. The molecule has 13 heteroatoms. The lowest BCUT2D eigenvalue weighted by molar-refractivity contribution is -0.149. The lowest BCUT2D eigenvalue weighted by Gasteiger charge is -2.33. The predicted octanol–water partition coefficient (Wildman–Crippen LogP) is 1.85. The smallest absolute Gasteiger partial charge is 0.407 e. The van der Waals surface area contributed by atoms with Crippen LogP contribution in [0.2, 0.25) is 0 Å². The number of nitrogens with zero attached hydrogens (tertiary/aromatic N) is 2. The number of aliphatic carboxylic acids is 1. The van der Waals surface area contributed by atoms with Crippen LogP contribution in [-0.2, 0) is 34.9 Å². The summed E-state index contributed by atoms with van der Waals surface area (Å²) in [7, 11) is -3.97. The van der Waals surface area contributed by atoms with Crippen LogP contribution in [0.5, 0.6) is 0 Å². The summed E-state index contributed by atoms with van der Waals surface area (Å²) in [5.74, 6) is -2.39. The minimum Gasteiger partial charge on any atom is -0.480 e. The topological polar surface area (TPSA) is 162 Å². The minimum atomic E-state index is -3.97. The zero-order valence-corrected chi connectivity index (χ0v) is 24.1. The van der Waals surface area contributed by atoms with Crippen molar-refractivity contribution >= 4 is 33.9 Å². The van der Waals surface area contributed by atoms with E-state index in [2.05, 4.69) is 10.0 Å². The van der Waals surface area contributed by atoms with Crippen molar-refractivity contribution in [2.24, 2.45) is 0 Å². The van der Waals surface area contributed by atoms with E-state index in [1.165, 1.54) is 4.90 Å². The Hall–Kier alpha value is -3.19. The van der Waals surface area contributed by atoms with Crippen molar-refractivity contribution in [1.82, 2.24) is 19.8 Å². The predicted molar refractivity (Wildman–Crippen MR) is 147 cm³/mol. The number of amides is 3. The van der Waals surface area contributed by atoms with E-state index in [9.17, 15) is 32.7 Å². The van der Waals surface area contributed by atoms with Crippen molar-refractivity contribution in [3.63, 3.8) is 0 Å². The van der Waals surface area contributed by atoms with E-state index in [0.717, 1.165) is 0 Å². The molecule has 3 N–H and O–H groups in total. The third-order valence-corrected chi connectivity index (χ3v) is 8.21. The molecule has 0 radical (unpaired) electrons. The third kappa shape index (κ3) is 9.47. The Bertz CT molecular complexity index is 1160. The number of carbonyl (C=O) groups is 4. The average Bonchev–Trinajstić information content (AvgIpc) is 3.36. The fourth-order valence-electron chi connectivity index (χ4n) is 4.95. The Morgan fingerprint density at radius 1 is 1.05 bits per heavy atom. The van der Waals surface area contributed by atoms with Crippen molar-refractivity contribution in [2.75, 3.05) is 19.6 Å². The van der Waals surface area contributed by atoms with Gasteiger partial charge in [-0.3, -0.25) is 9.59 Å². The molecule has 1 aromatic carbocycles. The standard InChI is InChI=1S/C27H40N4O8S/c1-27(2,3)39-26(36)28-20-13-16-30(17-14-20)23(32)12-11-21(24(33)31-15-7-10-22(31)25(34)35)29-40(37,38)18-19-8-5-4-6-9-19/h4-6,8-9,20-22,29H,7,10-18H2,1-3H3,(H,28,36)(H,34,35)/t21-,22+/m1/s1. The zero-order chi connectivity index (χ0) is 29.5. The van der Waals surface area contributed by atoms with Gasteiger partial charge in [-0.15, -0.1) is 0 Å². The number of ether oxygens (including phenoxy) is 1. The van der Waals surface area contributed by atoms with Gasteiger partial charge in [-0.25, -0.2) is 22.7 Å². The minimum absolute atomic E-state index is 0.0972. The van der Waals surface area contributed by atoms with Crippen molar-refractivity contribution < 1.29 is 37.4 Å². The fourth-order valence-corrected chi connectivity index (χ4v) is 6.31. The Morgan fingerprint density at radius 3 is 2.30 bits per heavy atom. The number of hydrogen-bond acceptors (Lipinski definition) is 7. The maximum absolute atomic E-state index is 13.4. The maximum atomic E-state index is 13.4. The van der Waals surface area contributed by atoms with Crippen LogP contribution in [-0.4, -0.2) is 90.6 Å². The highest BCUT2D eigenvalue weighted by Crippen LogP contribution is 2.21. The van der Waals surface area contributed by atoms with Gasteiger partial charge in [0.15, 0.2) is 0 Å². The molecule has 0 spiro atoms. The molecule has 0 unspecified atom stereocenters. The third-order valence-electron chi connectivity index (χ3n) is 6.86. The van der Waals surface area contributed by atoms with E-state index >= 15 is 0 Å². The quantitative estimate of drug-likeness (QED) is 0.378. The van der Waals surface area contributed by atoms with Crippen molar-refractivity contribution in [3.8, 4) is 0 Å². The first-order chi connectivity index (χ1) is 18.7. The number of carboxylic acid groups (broad SMARTS) is 1. The van der Waals surface area contributed by atoms with E-state index in [1.54, 1.807) is 56.0 Å². The number of sulfonamides is 1. The molecule has 12 nitrogen and oxygen atoms in total. The highest BCUT2D eigenvalue weighted by Gasteiger charge is 2.38. The number of rotatable bonds is 10. The number of likely N-dealkylation sites (tertiary alicyclic amines) is 2. The highest BCUT2D eigenvalue weighted by atomic mass is 32.2. The molecular formula is C27H40N4O8S. The second-order valence-electron chi connectivity index (χ2n) is 11.3. The van der Waals surface area contributed by atoms with Gasteiger partial charge < -0.3 is 25.0 Å². The van der Waals surface area contributed by atoms with Gasteiger partial charge in [0.25, 0.3) is 0 Å². The van der Waals surface area contributed by atoms with Crippen LogP contribution < -0.4 is 10.0 Å². The summed E-state index contributed by atoms with van der Waals surface area (Å²) in [5, 5.41) is 12.4. The molecule has 0 aromatic heterocycles. The molecule has 2 fully saturated rings. The second-order valence-corrected chi connectivity index (χ2v) is 13.0. The van der Waals surface area contributed by atoms with E-state index in [4.69, 9.17) is 4.74 Å². The van der Waals surface area contributed by atoms with Gasteiger partial charge in [0.05, 0.1) is 5.75 Å². The van der Waals surface area contributed by atoms with Crippen LogP contribution in [0.1, 0.15) is 64.9 Å². The van der Waals surface area contributed by atoms with E-state index in [0.29, 0.717) is 37.9 Å². The first-order valence-corrected chi connectivity index (χ1v) is 15.2. The molecule has 2 heterocycles. The van der Waals surface area contributed by atoms with Crippen LogP contribution in [0.25, 0.3) is 0 Å². The molecule has 2 atom stereocenters. The van der Waals surface area contributed by atoms with Crippen molar-refractivity contribution in [1.29, 1.82) is 0 Å². The van der Waals surface area contributed by atoms with Crippen LogP contribution >= 0.6 is 0 Å². The van der Waals surface area contributed by atoms with Gasteiger partial charge in [-0.1, -0.05) is 30.3 Å².